The van der Waals surface area contributed by atoms with E-state index in [1.54, 1.807) is 18.5 Å². The van der Waals surface area contributed by atoms with E-state index in [4.69, 9.17) is 9.47 Å². The average Bonchev–Trinajstić information content (AvgIpc) is 2.61. The molecule has 0 spiro atoms. The van der Waals surface area contributed by atoms with Crippen LogP contribution in [-0.2, 0) is 4.79 Å². The highest BCUT2D eigenvalue weighted by molar-refractivity contribution is 6.03. The number of aromatic nitrogens is 1. The molecular weight excluding hydrogens is 292 g/mol. The molecule has 3 aromatic rings. The van der Waals surface area contributed by atoms with Crippen LogP contribution in [0.3, 0.4) is 0 Å². The van der Waals surface area contributed by atoms with Crippen molar-refractivity contribution in [2.45, 2.75) is 6.10 Å². The van der Waals surface area contributed by atoms with Crippen LogP contribution < -0.4 is 14.8 Å². The fourth-order valence-corrected chi connectivity index (χ4v) is 2.59. The molecule has 0 saturated heterocycles. The Balaban J connectivity index is 1.56. The number of hydrogen-bond donors (Lipinski definition) is 1. The van der Waals surface area contributed by atoms with Crippen molar-refractivity contribution in [3.05, 3.63) is 60.9 Å². The van der Waals surface area contributed by atoms with Gasteiger partial charge in [0.25, 0.3) is 5.91 Å². The molecule has 1 aromatic heterocycles. The Morgan fingerprint density at radius 2 is 1.96 bits per heavy atom. The predicted molar refractivity (Wildman–Crippen MR) is 86.7 cm³/mol. The van der Waals surface area contributed by atoms with E-state index in [-0.39, 0.29) is 12.5 Å². The van der Waals surface area contributed by atoms with Crippen LogP contribution in [-0.4, -0.2) is 23.6 Å². The second kappa shape index (κ2) is 5.61. The number of fused-ring (bicyclic) bond motifs is 2. The van der Waals surface area contributed by atoms with Gasteiger partial charge in [-0.2, -0.15) is 0 Å². The number of nitrogens with zero attached hydrogens (tertiary/aromatic N) is 1. The van der Waals surface area contributed by atoms with Gasteiger partial charge in [0.1, 0.15) is 6.61 Å². The van der Waals surface area contributed by atoms with Gasteiger partial charge in [-0.05, 0) is 24.3 Å². The van der Waals surface area contributed by atoms with Crippen molar-refractivity contribution in [2.24, 2.45) is 0 Å². The Kier molecular flexibility index (Phi) is 3.31. The quantitative estimate of drug-likeness (QED) is 0.790. The molecule has 0 bridgehead atoms. The van der Waals surface area contributed by atoms with Gasteiger partial charge in [-0.15, -0.1) is 0 Å². The van der Waals surface area contributed by atoms with Gasteiger partial charge in [0.05, 0.1) is 0 Å². The molecule has 1 atom stereocenters. The van der Waals surface area contributed by atoms with E-state index in [0.29, 0.717) is 11.5 Å². The first-order chi connectivity index (χ1) is 11.3. The largest absolute Gasteiger partial charge is 0.485 e. The standard InChI is InChI=1S/C18H14N2O3/c21-18(17-11-22-15-6-1-2-7-16(15)23-17)20-14-5-3-4-12-10-19-9-8-13(12)14/h1-10,17H,11H2,(H,20,21). The second-order valence-electron chi connectivity index (χ2n) is 5.26. The summed E-state index contributed by atoms with van der Waals surface area (Å²) in [6, 6.07) is 14.9. The third-order valence-electron chi connectivity index (χ3n) is 3.74. The first-order valence-corrected chi connectivity index (χ1v) is 7.33. The van der Waals surface area contributed by atoms with Crippen molar-refractivity contribution in [3.8, 4) is 11.5 Å². The van der Waals surface area contributed by atoms with Crippen LogP contribution in [0.25, 0.3) is 10.8 Å². The highest BCUT2D eigenvalue weighted by Gasteiger charge is 2.27. The molecular formula is C18H14N2O3. The van der Waals surface area contributed by atoms with Crippen molar-refractivity contribution in [1.82, 2.24) is 4.98 Å². The molecule has 2 aromatic carbocycles. The van der Waals surface area contributed by atoms with Crippen LogP contribution in [0.2, 0.25) is 0 Å². The molecule has 1 aliphatic heterocycles. The van der Waals surface area contributed by atoms with Gasteiger partial charge in [-0.25, -0.2) is 0 Å². The molecule has 1 unspecified atom stereocenters. The normalized spacial score (nSPS) is 16.1. The lowest BCUT2D eigenvalue weighted by atomic mass is 10.1. The zero-order chi connectivity index (χ0) is 15.6. The molecule has 2 heterocycles. The Labute approximate surface area is 132 Å². The molecule has 0 aliphatic carbocycles. The summed E-state index contributed by atoms with van der Waals surface area (Å²) in [5, 5.41) is 4.82. The average molecular weight is 306 g/mol. The number of ether oxygens (including phenoxy) is 2. The lowest BCUT2D eigenvalue weighted by Gasteiger charge is -2.25. The molecule has 4 rings (SSSR count). The zero-order valence-corrected chi connectivity index (χ0v) is 12.2. The van der Waals surface area contributed by atoms with Crippen LogP contribution in [0, 0.1) is 0 Å². The molecule has 0 radical (unpaired) electrons. The lowest BCUT2D eigenvalue weighted by molar-refractivity contribution is -0.125. The Hall–Kier alpha value is -3.08. The number of benzene rings is 2. The number of carbonyl (C=O) groups excluding carboxylic acids is 1. The van der Waals surface area contributed by atoms with Gasteiger partial charge in [0, 0.05) is 28.9 Å². The number of rotatable bonds is 2. The monoisotopic (exact) mass is 306 g/mol. The molecule has 5 heteroatoms. The minimum absolute atomic E-state index is 0.190. The first-order valence-electron chi connectivity index (χ1n) is 7.33. The lowest BCUT2D eigenvalue weighted by Crippen LogP contribution is -2.40. The van der Waals surface area contributed by atoms with E-state index >= 15 is 0 Å². The summed E-state index contributed by atoms with van der Waals surface area (Å²) in [5.41, 5.74) is 0.734. The summed E-state index contributed by atoms with van der Waals surface area (Å²) in [7, 11) is 0. The zero-order valence-electron chi connectivity index (χ0n) is 12.2. The smallest absolute Gasteiger partial charge is 0.269 e. The van der Waals surface area contributed by atoms with Gasteiger partial charge >= 0.3 is 0 Å². The molecule has 114 valence electrons. The molecule has 5 nitrogen and oxygen atoms in total. The van der Waals surface area contributed by atoms with Crippen LogP contribution in [0.4, 0.5) is 5.69 Å². The van der Waals surface area contributed by atoms with E-state index < -0.39 is 6.10 Å². The maximum Gasteiger partial charge on any atom is 0.269 e. The van der Waals surface area contributed by atoms with Crippen molar-refractivity contribution in [1.29, 1.82) is 0 Å². The maximum absolute atomic E-state index is 12.5. The van der Waals surface area contributed by atoms with E-state index in [9.17, 15) is 4.79 Å². The van der Waals surface area contributed by atoms with Crippen LogP contribution in [0.15, 0.2) is 60.9 Å². The summed E-state index contributed by atoms with van der Waals surface area (Å²) < 4.78 is 11.3. The fraction of sp³-hybridized carbons (Fsp3) is 0.111. The van der Waals surface area contributed by atoms with Crippen molar-refractivity contribution >= 4 is 22.4 Å². The van der Waals surface area contributed by atoms with Crippen molar-refractivity contribution in [2.75, 3.05) is 11.9 Å². The topological polar surface area (TPSA) is 60.5 Å². The molecule has 1 aliphatic rings. The molecule has 0 saturated carbocycles. The molecule has 1 amide bonds. The van der Waals surface area contributed by atoms with E-state index in [1.807, 2.05) is 42.5 Å². The summed E-state index contributed by atoms with van der Waals surface area (Å²) in [4.78, 5) is 16.6. The third-order valence-corrected chi connectivity index (χ3v) is 3.74. The van der Waals surface area contributed by atoms with E-state index in [0.717, 1.165) is 16.5 Å². The van der Waals surface area contributed by atoms with E-state index in [1.165, 1.54) is 0 Å². The Bertz CT molecular complexity index is 874. The SMILES string of the molecule is O=C(Nc1cccc2cnccc12)C1COc2ccccc2O1. The second-order valence-corrected chi connectivity index (χ2v) is 5.26. The van der Waals surface area contributed by atoms with Crippen LogP contribution in [0.5, 0.6) is 11.5 Å². The maximum atomic E-state index is 12.5. The highest BCUT2D eigenvalue weighted by Crippen LogP contribution is 2.31. The van der Waals surface area contributed by atoms with Crippen molar-refractivity contribution in [3.63, 3.8) is 0 Å². The number of nitrogens with one attached hydrogen (secondary N) is 1. The minimum atomic E-state index is -0.679. The summed E-state index contributed by atoms with van der Waals surface area (Å²) in [6.45, 7) is 0.190. The molecule has 0 fully saturated rings. The number of pyridine rings is 1. The summed E-state index contributed by atoms with van der Waals surface area (Å²) in [5.74, 6) is 1.01. The van der Waals surface area contributed by atoms with Gasteiger partial charge < -0.3 is 14.8 Å². The molecule has 1 N–H and O–H groups in total. The van der Waals surface area contributed by atoms with Crippen LogP contribution >= 0.6 is 0 Å². The Morgan fingerprint density at radius 1 is 1.09 bits per heavy atom. The minimum Gasteiger partial charge on any atom is -0.485 e. The Morgan fingerprint density at radius 3 is 2.87 bits per heavy atom. The number of carbonyl (C=O) groups is 1. The van der Waals surface area contributed by atoms with Gasteiger partial charge in [-0.1, -0.05) is 24.3 Å². The fourth-order valence-electron chi connectivity index (χ4n) is 2.59. The summed E-state index contributed by atoms with van der Waals surface area (Å²) >= 11 is 0. The summed E-state index contributed by atoms with van der Waals surface area (Å²) in [6.07, 6.45) is 2.79. The third kappa shape index (κ3) is 2.57. The number of para-hydroxylation sites is 2. The number of anilines is 1. The van der Waals surface area contributed by atoms with Crippen LogP contribution in [0.1, 0.15) is 0 Å². The number of amides is 1. The number of hydrogen-bond acceptors (Lipinski definition) is 4. The first kappa shape index (κ1) is 13.6. The predicted octanol–water partition coefficient (Wildman–Crippen LogP) is 3.01. The highest BCUT2D eigenvalue weighted by atomic mass is 16.6. The van der Waals surface area contributed by atoms with Gasteiger partial charge in [0.15, 0.2) is 11.5 Å². The van der Waals surface area contributed by atoms with E-state index in [2.05, 4.69) is 10.3 Å². The van der Waals surface area contributed by atoms with Gasteiger partial charge in [0.2, 0.25) is 6.10 Å². The van der Waals surface area contributed by atoms with Crippen molar-refractivity contribution < 1.29 is 14.3 Å². The molecule has 23 heavy (non-hydrogen) atoms. The van der Waals surface area contributed by atoms with Gasteiger partial charge in [-0.3, -0.25) is 9.78 Å².